The van der Waals surface area contributed by atoms with Crippen LogP contribution in [0.4, 0.5) is 0 Å². The van der Waals surface area contributed by atoms with Crippen LogP contribution in [0.1, 0.15) is 0 Å². The van der Waals surface area contributed by atoms with Gasteiger partial charge in [0.1, 0.15) is 0 Å². The summed E-state index contributed by atoms with van der Waals surface area (Å²) in [6.45, 7) is 0. The summed E-state index contributed by atoms with van der Waals surface area (Å²) in [4.78, 5) is 25.4. The highest BCUT2D eigenvalue weighted by Gasteiger charge is 2.29. The maximum absolute atomic E-state index is 6.74. The minimum absolute atomic E-state index is 0.693. The van der Waals surface area contributed by atoms with Gasteiger partial charge in [0.25, 0.3) is 0 Å². The topological polar surface area (TPSA) is 119 Å². The second kappa shape index (κ2) is 31.3. The number of hydrogen-bond acceptors (Lipinski definition) is 11. The summed E-state index contributed by atoms with van der Waals surface area (Å²) in [5.41, 5.74) is 28.1. The quantitative estimate of drug-likeness (QED) is 0.119. The van der Waals surface area contributed by atoms with E-state index in [4.69, 9.17) is 38.2 Å². The number of aromatic nitrogens is 8. The molecule has 606 valence electrons. The van der Waals surface area contributed by atoms with E-state index in [1.807, 2.05) is 97.1 Å². The normalized spacial score (nSPS) is 11.7. The molecule has 0 aliphatic rings. The molecule has 27 rings (SSSR count). The van der Waals surface area contributed by atoms with Crippen LogP contribution >= 0.6 is 34.0 Å². The average Bonchev–Trinajstić information content (AvgIpc) is 1.56. The van der Waals surface area contributed by atoms with Gasteiger partial charge in [0.2, 0.25) is 17.1 Å². The molecule has 0 aliphatic heterocycles. The molecule has 11 nitrogen and oxygen atoms in total. The van der Waals surface area contributed by atoms with Crippen LogP contribution in [0.25, 0.3) is 246 Å². The smallest absolute Gasteiger partial charge is 0.214 e. The van der Waals surface area contributed by atoms with Crippen LogP contribution in [0.5, 0.6) is 0 Å². The molecular weight excluding hydrogens is 1640 g/mol. The monoisotopic (exact) mass is 1710 g/mol. The zero-order valence-corrected chi connectivity index (χ0v) is 71.4. The number of para-hydroxylation sites is 3. The van der Waals surface area contributed by atoms with Crippen LogP contribution < -0.4 is 0 Å². The molecule has 0 spiro atoms. The number of hydrogen-bond donors (Lipinski definition) is 0. The van der Waals surface area contributed by atoms with Crippen molar-refractivity contribution in [3.63, 3.8) is 0 Å². The molecule has 0 radical (unpaired) electrons. The van der Waals surface area contributed by atoms with Crippen molar-refractivity contribution in [2.75, 3.05) is 0 Å². The Kier molecular flexibility index (Phi) is 18.2. The third-order valence-electron chi connectivity index (χ3n) is 24.3. The fraction of sp³-hybridized carbons (Fsp3) is 0. The van der Waals surface area contributed by atoms with Gasteiger partial charge in [-0.25, -0.2) is 24.9 Å². The average molecular weight is 1710 g/mol. The van der Waals surface area contributed by atoms with E-state index in [2.05, 4.69) is 341 Å². The van der Waals surface area contributed by atoms with Crippen molar-refractivity contribution in [1.82, 2.24) is 38.6 Å². The predicted molar refractivity (Wildman–Crippen MR) is 536 cm³/mol. The van der Waals surface area contributed by atoms with Crippen LogP contribution in [0, 0.1) is 0 Å². The summed E-state index contributed by atoms with van der Waals surface area (Å²) in [6, 6.07) is 147. The largest absolute Gasteiger partial charge is 0.438 e. The van der Waals surface area contributed by atoms with Crippen molar-refractivity contribution in [3.05, 3.63) is 425 Å². The highest BCUT2D eigenvalue weighted by Crippen LogP contribution is 2.51. The van der Waals surface area contributed by atoms with E-state index in [-0.39, 0.29) is 0 Å². The minimum Gasteiger partial charge on any atom is -0.438 e. The molecule has 0 bridgehead atoms. The summed E-state index contributed by atoms with van der Waals surface area (Å²) in [5.74, 6) is 1.40. The molecule has 0 saturated heterocycles. The van der Waals surface area contributed by atoms with Gasteiger partial charge in [0.15, 0.2) is 28.4 Å². The Morgan fingerprint density at radius 3 is 0.783 bits per heavy atom. The predicted octanol–water partition coefficient (Wildman–Crippen LogP) is 32.2. The molecule has 0 fully saturated rings. The van der Waals surface area contributed by atoms with Gasteiger partial charge >= 0.3 is 0 Å². The van der Waals surface area contributed by atoms with Crippen LogP contribution in [-0.4, -0.2) is 38.6 Å². The number of nitrogens with zero attached hydrogens (tertiary/aromatic N) is 8. The van der Waals surface area contributed by atoms with Gasteiger partial charge in [-0.3, -0.25) is 13.7 Å². The highest BCUT2D eigenvalue weighted by atomic mass is 32.1. The van der Waals surface area contributed by atoms with Gasteiger partial charge in [-0.15, -0.1) is 34.0 Å². The number of pyridine rings is 1. The van der Waals surface area contributed by atoms with Crippen LogP contribution in [0.15, 0.2) is 438 Å². The molecule has 15 aromatic carbocycles. The molecule has 0 saturated carbocycles. The van der Waals surface area contributed by atoms with Gasteiger partial charge in [-0.2, -0.15) is 0 Å². The Morgan fingerprint density at radius 2 is 0.442 bits per heavy atom. The molecular formula is C115H70N8O3S3. The maximum Gasteiger partial charge on any atom is 0.214 e. The van der Waals surface area contributed by atoms with Crippen LogP contribution in [-0.2, 0) is 0 Å². The first-order valence-corrected chi connectivity index (χ1v) is 45.3. The Bertz CT molecular complexity index is 7970. The van der Waals surface area contributed by atoms with E-state index in [0.717, 1.165) is 205 Å². The third-order valence-corrected chi connectivity index (χ3v) is 27.8. The van der Waals surface area contributed by atoms with Crippen molar-refractivity contribution in [1.29, 1.82) is 0 Å². The van der Waals surface area contributed by atoms with E-state index in [0.29, 0.717) is 11.6 Å². The van der Waals surface area contributed by atoms with Crippen molar-refractivity contribution in [2.45, 2.75) is 0 Å². The lowest BCUT2D eigenvalue weighted by Crippen LogP contribution is -1.96. The number of rotatable bonds is 12. The first kappa shape index (κ1) is 75.1. The minimum atomic E-state index is 0.693. The molecule has 0 amide bonds. The fourth-order valence-electron chi connectivity index (χ4n) is 18.3. The molecule has 27 aromatic rings. The lowest BCUT2D eigenvalue weighted by Gasteiger charge is -2.11. The number of fused-ring (bicyclic) bond motifs is 21. The van der Waals surface area contributed by atoms with Crippen molar-refractivity contribution >= 4 is 161 Å². The number of thiophene rings is 3. The molecule has 0 atom stereocenters. The first-order valence-electron chi connectivity index (χ1n) is 42.9. The lowest BCUT2D eigenvalue weighted by molar-refractivity contribution is 0.649. The zero-order valence-electron chi connectivity index (χ0n) is 68.9. The number of benzene rings is 15. The van der Waals surface area contributed by atoms with E-state index in [1.54, 1.807) is 34.0 Å². The molecule has 0 unspecified atom stereocenters. The second-order valence-corrected chi connectivity index (χ2v) is 35.2. The summed E-state index contributed by atoms with van der Waals surface area (Å²) in [5, 5.41) is 10.3. The van der Waals surface area contributed by atoms with E-state index >= 15 is 0 Å². The van der Waals surface area contributed by atoms with Crippen LogP contribution in [0.2, 0.25) is 0 Å². The summed E-state index contributed by atoms with van der Waals surface area (Å²) in [7, 11) is 0. The van der Waals surface area contributed by atoms with Crippen molar-refractivity contribution < 1.29 is 13.3 Å². The van der Waals surface area contributed by atoms with Gasteiger partial charge in [0.05, 0.1) is 81.0 Å². The Labute approximate surface area is 750 Å². The van der Waals surface area contributed by atoms with E-state index < -0.39 is 0 Å². The maximum atomic E-state index is 6.74. The zero-order chi connectivity index (χ0) is 85.0. The van der Waals surface area contributed by atoms with Gasteiger partial charge in [-0.05, 0) is 151 Å². The van der Waals surface area contributed by atoms with Crippen molar-refractivity contribution in [2.24, 2.45) is 0 Å². The Morgan fingerprint density at radius 1 is 0.186 bits per heavy atom. The SMILES string of the molecule is c1ccc(-c2cc(-c3ccc4c(c3)c3c5sc6ccccc6c5oc3n4-c3ccccc3)cc(-c3ccccc3)n2)cc1.c1ccc(-c2cc(-c3ccc4c(c3)c3c5sc6ccccc6c5oc3n4-c3ccccc3)nc(-c3ccccc3)n2)cc1.c1ccc(-c2cc(-c3ccccc3)nc(-c3ccc4c(c3)c3c5sc6ccccc6c5oc3n4-c3ccccc3)n2)cc1. The number of furan rings is 3. The van der Waals surface area contributed by atoms with Crippen molar-refractivity contribution in [3.8, 4) is 119 Å². The molecule has 12 heterocycles. The second-order valence-electron chi connectivity index (χ2n) is 32.1. The summed E-state index contributed by atoms with van der Waals surface area (Å²) in [6.07, 6.45) is 0. The summed E-state index contributed by atoms with van der Waals surface area (Å²) < 4.78 is 34.1. The fourth-order valence-corrected chi connectivity index (χ4v) is 21.8. The molecule has 12 aromatic heterocycles. The van der Waals surface area contributed by atoms with Gasteiger partial charge in [0, 0.05) is 108 Å². The standard InChI is InChI=1S/C39H24N2OS.2C38H23N3OS/c1-4-12-25(13-5-1)32-23-28(24-33(40-32)26-14-6-2-7-15-26)27-20-21-34-31(22-27)36-38-37(30-18-10-11-19-35(30)43-38)42-39(36)41(34)29-16-8-3-9-17-29;1-4-12-24(13-5-1)30-23-31(40-37(39-30)25-14-6-2-7-15-25)26-20-21-32-29(22-26)34-36-35(28-18-10-11-19-33(28)43-36)42-38(34)41(32)27-16-8-3-9-17-27;1-4-12-24(13-5-1)30-23-31(25-14-6-2-7-15-25)40-37(39-30)26-20-21-32-29(22-26)34-36-35(28-18-10-11-19-33(28)43-36)42-38(34)41(32)27-16-8-3-9-17-27/h1-24H;2*1-23H. The summed E-state index contributed by atoms with van der Waals surface area (Å²) >= 11 is 5.38. The molecule has 14 heteroatoms. The van der Waals surface area contributed by atoms with Gasteiger partial charge < -0.3 is 13.3 Å². The molecule has 0 aliphatic carbocycles. The first-order chi connectivity index (χ1) is 63.9. The lowest BCUT2D eigenvalue weighted by atomic mass is 9.98. The highest BCUT2D eigenvalue weighted by molar-refractivity contribution is 7.27. The van der Waals surface area contributed by atoms with E-state index in [9.17, 15) is 0 Å². The third kappa shape index (κ3) is 13.1. The molecule has 129 heavy (non-hydrogen) atoms. The molecule has 0 N–H and O–H groups in total. The van der Waals surface area contributed by atoms with Crippen LogP contribution in [0.3, 0.4) is 0 Å². The van der Waals surface area contributed by atoms with E-state index in [1.165, 1.54) is 28.9 Å². The Balaban J connectivity index is 0.000000105. The Hall–Kier alpha value is -16.5. The van der Waals surface area contributed by atoms with Gasteiger partial charge in [-0.1, -0.05) is 285 Å².